The average Bonchev–Trinajstić information content (AvgIpc) is 2.42. The molecule has 1 N–H and O–H groups in total. The van der Waals surface area contributed by atoms with Crippen LogP contribution in [0.25, 0.3) is 0 Å². The van der Waals surface area contributed by atoms with Gasteiger partial charge < -0.3 is 10.1 Å². The van der Waals surface area contributed by atoms with Crippen molar-refractivity contribution in [3.8, 4) is 5.75 Å². The van der Waals surface area contributed by atoms with Crippen LogP contribution in [0.2, 0.25) is 5.02 Å². The Morgan fingerprint density at radius 1 is 1.38 bits per heavy atom. The first-order chi connectivity index (χ1) is 9.84. The van der Waals surface area contributed by atoms with Crippen molar-refractivity contribution < 1.29 is 9.53 Å². The first-order valence-electron chi connectivity index (χ1n) is 7.17. The summed E-state index contributed by atoms with van der Waals surface area (Å²) in [5.41, 5.74) is 1.07. The minimum atomic E-state index is -0.136. The lowest BCUT2D eigenvalue weighted by atomic mass is 9.87. The summed E-state index contributed by atoms with van der Waals surface area (Å²) in [7, 11) is 0. The Labute approximate surface area is 132 Å². The summed E-state index contributed by atoms with van der Waals surface area (Å²) in [4.78, 5) is 11.0. The van der Waals surface area contributed by atoms with Crippen molar-refractivity contribution in [2.75, 3.05) is 13.2 Å². The predicted molar refractivity (Wildman–Crippen MR) is 88.1 cm³/mol. The molecule has 0 aliphatic heterocycles. The minimum absolute atomic E-state index is 0.00851. The third-order valence-electron chi connectivity index (χ3n) is 3.07. The standard InChI is InChI=1S/C17H24ClNO2/c1-5-16(20)19-10-6-7-11-21-13-8-9-15(18)14(12-13)17(2,3)4/h5,8-9,12H,1,6-7,10-11H2,2-4H3,(H,19,20). The zero-order valence-electron chi connectivity index (χ0n) is 13.0. The van der Waals surface area contributed by atoms with Crippen LogP contribution >= 0.6 is 11.6 Å². The molecule has 116 valence electrons. The van der Waals surface area contributed by atoms with Crippen molar-refractivity contribution in [1.29, 1.82) is 0 Å². The first kappa shape index (κ1) is 17.6. The molecule has 3 nitrogen and oxygen atoms in total. The Morgan fingerprint density at radius 2 is 2.10 bits per heavy atom. The molecule has 0 aliphatic carbocycles. The SMILES string of the molecule is C=CC(=O)NCCCCOc1ccc(Cl)c(C(C)(C)C)c1. The Kier molecular flexibility index (Phi) is 6.76. The lowest BCUT2D eigenvalue weighted by molar-refractivity contribution is -0.116. The van der Waals surface area contributed by atoms with E-state index < -0.39 is 0 Å². The average molecular weight is 310 g/mol. The molecule has 0 aliphatic rings. The van der Waals surface area contributed by atoms with Gasteiger partial charge in [-0.05, 0) is 48.1 Å². The monoisotopic (exact) mass is 309 g/mol. The molecule has 0 unspecified atom stereocenters. The van der Waals surface area contributed by atoms with Crippen LogP contribution in [0.3, 0.4) is 0 Å². The van der Waals surface area contributed by atoms with Gasteiger partial charge in [-0.2, -0.15) is 0 Å². The third-order valence-corrected chi connectivity index (χ3v) is 3.40. The number of nitrogens with one attached hydrogen (secondary N) is 1. The van der Waals surface area contributed by atoms with E-state index in [0.717, 1.165) is 29.2 Å². The van der Waals surface area contributed by atoms with Gasteiger partial charge in [0.15, 0.2) is 0 Å². The number of hydrogen-bond donors (Lipinski definition) is 1. The molecular formula is C17H24ClNO2. The number of halogens is 1. The number of carbonyl (C=O) groups excluding carboxylic acids is 1. The lowest BCUT2D eigenvalue weighted by Gasteiger charge is -2.21. The molecule has 0 radical (unpaired) electrons. The number of hydrogen-bond acceptors (Lipinski definition) is 2. The molecular weight excluding hydrogens is 286 g/mol. The third kappa shape index (κ3) is 6.21. The van der Waals surface area contributed by atoms with Crippen LogP contribution < -0.4 is 10.1 Å². The van der Waals surface area contributed by atoms with E-state index in [1.165, 1.54) is 6.08 Å². The molecule has 0 bridgehead atoms. The smallest absolute Gasteiger partial charge is 0.243 e. The van der Waals surface area contributed by atoms with Crippen LogP contribution in [0.4, 0.5) is 0 Å². The molecule has 1 rings (SSSR count). The lowest BCUT2D eigenvalue weighted by Crippen LogP contribution is -2.22. The molecule has 0 spiro atoms. The zero-order chi connectivity index (χ0) is 15.9. The van der Waals surface area contributed by atoms with Gasteiger partial charge in [-0.1, -0.05) is 39.0 Å². The van der Waals surface area contributed by atoms with E-state index in [1.807, 2.05) is 18.2 Å². The summed E-state index contributed by atoms with van der Waals surface area (Å²) < 4.78 is 5.74. The van der Waals surface area contributed by atoms with Crippen molar-refractivity contribution in [3.63, 3.8) is 0 Å². The van der Waals surface area contributed by atoms with E-state index in [4.69, 9.17) is 16.3 Å². The summed E-state index contributed by atoms with van der Waals surface area (Å²) in [5, 5.41) is 3.50. The number of ether oxygens (including phenoxy) is 1. The highest BCUT2D eigenvalue weighted by molar-refractivity contribution is 6.31. The highest BCUT2D eigenvalue weighted by atomic mass is 35.5. The van der Waals surface area contributed by atoms with Crippen LogP contribution in [0.15, 0.2) is 30.9 Å². The van der Waals surface area contributed by atoms with E-state index in [-0.39, 0.29) is 11.3 Å². The van der Waals surface area contributed by atoms with Crippen molar-refractivity contribution in [2.45, 2.75) is 39.0 Å². The summed E-state index contributed by atoms with van der Waals surface area (Å²) in [6, 6.07) is 5.76. The summed E-state index contributed by atoms with van der Waals surface area (Å²) >= 11 is 6.22. The van der Waals surface area contributed by atoms with Gasteiger partial charge in [-0.3, -0.25) is 4.79 Å². The first-order valence-corrected chi connectivity index (χ1v) is 7.55. The molecule has 21 heavy (non-hydrogen) atoms. The zero-order valence-corrected chi connectivity index (χ0v) is 13.8. The van der Waals surface area contributed by atoms with Gasteiger partial charge >= 0.3 is 0 Å². The quantitative estimate of drug-likeness (QED) is 0.608. The largest absolute Gasteiger partial charge is 0.494 e. The van der Waals surface area contributed by atoms with E-state index >= 15 is 0 Å². The molecule has 0 heterocycles. The fourth-order valence-electron chi connectivity index (χ4n) is 1.87. The maximum Gasteiger partial charge on any atom is 0.243 e. The van der Waals surface area contributed by atoms with Gasteiger partial charge in [0.1, 0.15) is 5.75 Å². The summed E-state index contributed by atoms with van der Waals surface area (Å²) in [6.07, 6.45) is 3.03. The highest BCUT2D eigenvalue weighted by Gasteiger charge is 2.17. The molecule has 0 saturated heterocycles. The number of amides is 1. The number of carbonyl (C=O) groups is 1. The second-order valence-corrected chi connectivity index (χ2v) is 6.35. The molecule has 0 saturated carbocycles. The predicted octanol–water partition coefficient (Wildman–Crippen LogP) is 4.10. The highest BCUT2D eigenvalue weighted by Crippen LogP contribution is 2.32. The molecule has 0 atom stereocenters. The van der Waals surface area contributed by atoms with Crippen LogP contribution in [-0.2, 0) is 10.2 Å². The maximum absolute atomic E-state index is 11.0. The fourth-order valence-corrected chi connectivity index (χ4v) is 2.27. The van der Waals surface area contributed by atoms with E-state index in [2.05, 4.69) is 32.7 Å². The summed E-state index contributed by atoms with van der Waals surface area (Å²) in [6.45, 7) is 11.0. The van der Waals surface area contributed by atoms with Crippen LogP contribution in [-0.4, -0.2) is 19.1 Å². The maximum atomic E-state index is 11.0. The van der Waals surface area contributed by atoms with Crippen molar-refractivity contribution in [1.82, 2.24) is 5.32 Å². The Balaban J connectivity index is 2.39. The Bertz CT molecular complexity index is 492. The Morgan fingerprint density at radius 3 is 2.71 bits per heavy atom. The summed E-state index contributed by atoms with van der Waals surface area (Å²) in [5.74, 6) is 0.697. The van der Waals surface area contributed by atoms with E-state index in [9.17, 15) is 4.79 Å². The van der Waals surface area contributed by atoms with E-state index in [0.29, 0.717) is 13.2 Å². The van der Waals surface area contributed by atoms with E-state index in [1.54, 1.807) is 0 Å². The second-order valence-electron chi connectivity index (χ2n) is 5.94. The van der Waals surface area contributed by atoms with Gasteiger partial charge in [0.25, 0.3) is 0 Å². The normalized spacial score (nSPS) is 11.0. The molecule has 0 aromatic heterocycles. The van der Waals surface area contributed by atoms with Crippen molar-refractivity contribution in [2.24, 2.45) is 0 Å². The fraction of sp³-hybridized carbons (Fsp3) is 0.471. The van der Waals surface area contributed by atoms with Crippen LogP contribution in [0.1, 0.15) is 39.2 Å². The van der Waals surface area contributed by atoms with Gasteiger partial charge in [0, 0.05) is 11.6 Å². The topological polar surface area (TPSA) is 38.3 Å². The molecule has 0 fully saturated rings. The number of rotatable bonds is 7. The molecule has 1 aromatic carbocycles. The Hall–Kier alpha value is -1.48. The molecule has 1 aromatic rings. The van der Waals surface area contributed by atoms with Gasteiger partial charge in [0.05, 0.1) is 6.61 Å². The van der Waals surface area contributed by atoms with Crippen LogP contribution in [0.5, 0.6) is 5.75 Å². The second kappa shape index (κ2) is 8.08. The van der Waals surface area contributed by atoms with Gasteiger partial charge in [-0.25, -0.2) is 0 Å². The van der Waals surface area contributed by atoms with Gasteiger partial charge in [-0.15, -0.1) is 0 Å². The number of benzene rings is 1. The van der Waals surface area contributed by atoms with Gasteiger partial charge in [0.2, 0.25) is 5.91 Å². The van der Waals surface area contributed by atoms with Crippen LogP contribution in [0, 0.1) is 0 Å². The number of unbranched alkanes of at least 4 members (excludes halogenated alkanes) is 1. The molecule has 4 heteroatoms. The van der Waals surface area contributed by atoms with Crippen molar-refractivity contribution >= 4 is 17.5 Å². The minimum Gasteiger partial charge on any atom is -0.494 e. The van der Waals surface area contributed by atoms with Crippen molar-refractivity contribution in [3.05, 3.63) is 41.4 Å². The molecule has 1 amide bonds.